The molecule has 0 aliphatic heterocycles. The lowest BCUT2D eigenvalue weighted by Crippen LogP contribution is -2.14. The van der Waals surface area contributed by atoms with Crippen molar-refractivity contribution < 1.29 is 14.3 Å². The quantitative estimate of drug-likeness (QED) is 0.377. The molecule has 0 radical (unpaired) electrons. The molecule has 0 fully saturated rings. The molecule has 0 bridgehead atoms. The number of nitrogens with zero attached hydrogens (tertiary/aromatic N) is 2. The van der Waals surface area contributed by atoms with E-state index < -0.39 is 21.3 Å². The highest BCUT2D eigenvalue weighted by Gasteiger charge is 2.27. The van der Waals surface area contributed by atoms with Crippen LogP contribution in [0.2, 0.25) is 10.0 Å². The van der Waals surface area contributed by atoms with Crippen LogP contribution in [0.25, 0.3) is 0 Å². The lowest BCUT2D eigenvalue weighted by molar-refractivity contribution is -0.129. The zero-order chi connectivity index (χ0) is 18.9. The molecular weight excluding hydrogens is 433 g/mol. The molecule has 10 heteroatoms. The van der Waals surface area contributed by atoms with Gasteiger partial charge in [-0.25, -0.2) is 9.48 Å². The Morgan fingerprint density at radius 1 is 1.16 bits per heavy atom. The Morgan fingerprint density at radius 3 is 2.36 bits per heavy atom. The molecule has 1 aromatic carbocycles. The van der Waals surface area contributed by atoms with Crippen molar-refractivity contribution >= 4 is 69.8 Å². The average molecular weight is 443 g/mol. The first-order valence-electron chi connectivity index (χ1n) is 6.59. The van der Waals surface area contributed by atoms with Gasteiger partial charge in [-0.05, 0) is 25.1 Å². The molecule has 25 heavy (non-hydrogen) atoms. The van der Waals surface area contributed by atoms with Crippen molar-refractivity contribution in [1.82, 2.24) is 9.78 Å². The zero-order valence-corrected chi connectivity index (χ0v) is 16.5. The van der Waals surface area contributed by atoms with Crippen molar-refractivity contribution in [3.05, 3.63) is 54.6 Å². The van der Waals surface area contributed by atoms with Crippen LogP contribution < -0.4 is 4.74 Å². The summed E-state index contributed by atoms with van der Waals surface area (Å²) in [6.07, 6.45) is 0. The fraction of sp³-hybridized carbons (Fsp3) is 0.133. The van der Waals surface area contributed by atoms with Gasteiger partial charge in [-0.3, -0.25) is 4.79 Å². The van der Waals surface area contributed by atoms with Gasteiger partial charge in [-0.2, -0.15) is 5.10 Å². The molecular formula is C15H9Cl5N2O3. The summed E-state index contributed by atoms with van der Waals surface area (Å²) in [6, 6.07) is 4.42. The Bertz CT molecular complexity index is 901. The van der Waals surface area contributed by atoms with Gasteiger partial charge in [-0.15, -0.1) is 0 Å². The van der Waals surface area contributed by atoms with Crippen LogP contribution in [-0.4, -0.2) is 21.5 Å². The summed E-state index contributed by atoms with van der Waals surface area (Å²) in [5.74, 6) is -1.64. The van der Waals surface area contributed by atoms with Crippen molar-refractivity contribution in [2.75, 3.05) is 0 Å². The number of carbonyl (C=O) groups excluding carboxylic acids is 2. The Morgan fingerprint density at radius 2 is 1.80 bits per heavy atom. The number of rotatable bonds is 4. The van der Waals surface area contributed by atoms with Crippen LogP contribution in [0.3, 0.4) is 0 Å². The molecule has 0 unspecified atom stereocenters. The molecule has 2 aromatic rings. The number of esters is 1. The molecule has 0 spiro atoms. The summed E-state index contributed by atoms with van der Waals surface area (Å²) in [4.78, 5) is 24.8. The van der Waals surface area contributed by atoms with Gasteiger partial charge < -0.3 is 4.74 Å². The van der Waals surface area contributed by atoms with Gasteiger partial charge in [0, 0.05) is 17.6 Å². The third-order valence-corrected chi connectivity index (χ3v) is 4.57. The molecule has 0 N–H and O–H groups in total. The monoisotopic (exact) mass is 440 g/mol. The lowest BCUT2D eigenvalue weighted by Gasteiger charge is -2.08. The summed E-state index contributed by atoms with van der Waals surface area (Å²) in [7, 11) is 1.50. The maximum atomic E-state index is 12.8. The van der Waals surface area contributed by atoms with Crippen LogP contribution in [0.5, 0.6) is 5.88 Å². The predicted octanol–water partition coefficient (Wildman–Crippen LogP) is 5.06. The van der Waals surface area contributed by atoms with Gasteiger partial charge in [0.1, 0.15) is 10.1 Å². The first-order chi connectivity index (χ1) is 11.6. The third kappa shape index (κ3) is 4.30. The molecule has 1 aromatic heterocycles. The molecule has 0 aliphatic rings. The molecule has 5 nitrogen and oxygen atoms in total. The number of aromatic nitrogens is 2. The van der Waals surface area contributed by atoms with Crippen LogP contribution in [-0.2, 0) is 11.8 Å². The summed E-state index contributed by atoms with van der Waals surface area (Å²) in [5, 5.41) is 4.10. The Balaban J connectivity index is 2.50. The molecule has 0 atom stereocenters. The number of ether oxygens (including phenoxy) is 1. The van der Waals surface area contributed by atoms with E-state index >= 15 is 0 Å². The van der Waals surface area contributed by atoms with Crippen LogP contribution in [0.4, 0.5) is 0 Å². The fourth-order valence-corrected chi connectivity index (χ4v) is 2.72. The van der Waals surface area contributed by atoms with Gasteiger partial charge in [0.25, 0.3) is 0 Å². The van der Waals surface area contributed by atoms with Crippen LogP contribution >= 0.6 is 58.0 Å². The van der Waals surface area contributed by atoms with Crippen LogP contribution in [0, 0.1) is 6.92 Å². The zero-order valence-electron chi connectivity index (χ0n) is 12.7. The van der Waals surface area contributed by atoms with E-state index in [1.54, 1.807) is 6.92 Å². The molecule has 2 rings (SSSR count). The summed E-state index contributed by atoms with van der Waals surface area (Å²) in [6.45, 7) is 1.58. The molecule has 0 saturated heterocycles. The Hall–Kier alpha value is -1.24. The summed E-state index contributed by atoms with van der Waals surface area (Å²) in [5.41, 5.74) is 0.560. The van der Waals surface area contributed by atoms with E-state index in [0.717, 1.165) is 0 Å². The number of halogens is 5. The number of ketones is 1. The molecule has 132 valence electrons. The second-order valence-electron chi connectivity index (χ2n) is 4.81. The van der Waals surface area contributed by atoms with Crippen LogP contribution in [0.15, 0.2) is 27.7 Å². The standard InChI is InChI=1S/C15H9Cl5N2O3/c1-6-10(12(23)8-4-3-7(16)5-9(8)17)14(22(2)21-6)25-15(24)11(18)13(19)20/h3-5H,1-2H3. The molecule has 0 amide bonds. The highest BCUT2D eigenvalue weighted by atomic mass is 35.5. The van der Waals surface area contributed by atoms with E-state index in [9.17, 15) is 9.59 Å². The van der Waals surface area contributed by atoms with Crippen molar-refractivity contribution in [2.45, 2.75) is 6.92 Å². The predicted molar refractivity (Wildman–Crippen MR) is 98.1 cm³/mol. The van der Waals surface area contributed by atoms with E-state index in [0.29, 0.717) is 10.7 Å². The molecule has 0 saturated carbocycles. The number of carbonyl (C=O) groups is 2. The van der Waals surface area contributed by atoms with Crippen molar-refractivity contribution in [2.24, 2.45) is 7.05 Å². The maximum Gasteiger partial charge on any atom is 0.358 e. The highest BCUT2D eigenvalue weighted by Crippen LogP contribution is 2.30. The first kappa shape index (κ1) is 20.1. The number of hydrogen-bond donors (Lipinski definition) is 0. The number of aryl methyl sites for hydroxylation is 2. The van der Waals surface area contributed by atoms with Gasteiger partial charge in [-0.1, -0.05) is 58.0 Å². The highest BCUT2D eigenvalue weighted by molar-refractivity contribution is 6.62. The maximum absolute atomic E-state index is 12.8. The minimum absolute atomic E-state index is 0.0511. The summed E-state index contributed by atoms with van der Waals surface area (Å²) >= 11 is 28.5. The third-order valence-electron chi connectivity index (χ3n) is 3.11. The van der Waals surface area contributed by atoms with E-state index in [1.165, 1.54) is 29.9 Å². The van der Waals surface area contributed by atoms with E-state index in [1.807, 2.05) is 0 Å². The average Bonchev–Trinajstić information content (AvgIpc) is 2.79. The number of hydrogen-bond acceptors (Lipinski definition) is 4. The molecule has 1 heterocycles. The first-order valence-corrected chi connectivity index (χ1v) is 8.48. The van der Waals surface area contributed by atoms with Crippen molar-refractivity contribution in [1.29, 1.82) is 0 Å². The van der Waals surface area contributed by atoms with Crippen molar-refractivity contribution in [3.8, 4) is 5.88 Å². The largest absolute Gasteiger partial charge is 0.403 e. The lowest BCUT2D eigenvalue weighted by atomic mass is 10.0. The van der Waals surface area contributed by atoms with E-state index in [-0.39, 0.29) is 22.0 Å². The van der Waals surface area contributed by atoms with Crippen molar-refractivity contribution in [3.63, 3.8) is 0 Å². The Kier molecular flexibility index (Phi) is 6.40. The summed E-state index contributed by atoms with van der Waals surface area (Å²) < 4.78 is 5.90. The molecule has 0 aliphatic carbocycles. The van der Waals surface area contributed by atoms with Crippen LogP contribution in [0.1, 0.15) is 21.6 Å². The number of benzene rings is 1. The SMILES string of the molecule is Cc1nn(C)c(OC(=O)C(Cl)=C(Cl)Cl)c1C(=O)c1ccc(Cl)cc1Cl. The second-order valence-corrected chi connectivity index (χ2v) is 6.98. The Labute approximate surface area is 168 Å². The fourth-order valence-electron chi connectivity index (χ4n) is 2.03. The van der Waals surface area contributed by atoms with E-state index in [2.05, 4.69) is 5.10 Å². The smallest absolute Gasteiger partial charge is 0.358 e. The van der Waals surface area contributed by atoms with Gasteiger partial charge in [0.15, 0.2) is 5.03 Å². The topological polar surface area (TPSA) is 61.2 Å². The van der Waals surface area contributed by atoms with Gasteiger partial charge in [0.2, 0.25) is 11.7 Å². The minimum Gasteiger partial charge on any atom is -0.403 e. The normalized spacial score (nSPS) is 10.5. The van der Waals surface area contributed by atoms with Gasteiger partial charge >= 0.3 is 5.97 Å². The minimum atomic E-state index is -1.03. The van der Waals surface area contributed by atoms with E-state index in [4.69, 9.17) is 62.7 Å². The van der Waals surface area contributed by atoms with Gasteiger partial charge in [0.05, 0.1) is 10.7 Å². The second kappa shape index (κ2) is 7.98.